The molecule has 0 saturated carbocycles. The molecule has 0 spiro atoms. The van der Waals surface area contributed by atoms with Gasteiger partial charge in [0.1, 0.15) is 0 Å². The van der Waals surface area contributed by atoms with Crippen molar-refractivity contribution in [2.24, 2.45) is 0 Å². The molecule has 104 valence electrons. The van der Waals surface area contributed by atoms with Crippen LogP contribution in [0.25, 0.3) is 0 Å². The second-order valence-corrected chi connectivity index (χ2v) is 7.10. The standard InChI is InChI=1S/C10H11NO5S3/c1-3-16-10(17)18-9-5-4-7(19(2,14)15)6-8(9)11(12)13/h4-6H,3H2,1-2H3. The lowest BCUT2D eigenvalue weighted by atomic mass is 10.3. The molecule has 0 aliphatic carbocycles. The van der Waals surface area contributed by atoms with Crippen molar-refractivity contribution < 1.29 is 18.1 Å². The van der Waals surface area contributed by atoms with Gasteiger partial charge in [-0.2, -0.15) is 0 Å². The predicted octanol–water partition coefficient (Wildman–Crippen LogP) is 2.41. The summed E-state index contributed by atoms with van der Waals surface area (Å²) >= 11 is 5.80. The topological polar surface area (TPSA) is 86.5 Å². The Morgan fingerprint density at radius 1 is 1.53 bits per heavy atom. The molecule has 6 nitrogen and oxygen atoms in total. The Labute approximate surface area is 120 Å². The molecule has 0 aliphatic heterocycles. The summed E-state index contributed by atoms with van der Waals surface area (Å²) in [6, 6.07) is 3.68. The Balaban J connectivity index is 3.20. The highest BCUT2D eigenvalue weighted by Gasteiger charge is 2.20. The monoisotopic (exact) mass is 321 g/mol. The summed E-state index contributed by atoms with van der Waals surface area (Å²) < 4.78 is 27.9. The zero-order valence-corrected chi connectivity index (χ0v) is 12.6. The third kappa shape index (κ3) is 4.44. The van der Waals surface area contributed by atoms with E-state index in [1.165, 1.54) is 12.1 Å². The Bertz CT molecular complexity index is 612. The van der Waals surface area contributed by atoms with Gasteiger partial charge < -0.3 is 4.74 Å². The molecular formula is C10H11NO5S3. The van der Waals surface area contributed by atoms with Crippen molar-refractivity contribution in [3.05, 3.63) is 28.3 Å². The van der Waals surface area contributed by atoms with E-state index in [1.807, 2.05) is 0 Å². The quantitative estimate of drug-likeness (QED) is 0.364. The number of thiocarbonyl (C=S) groups is 1. The second-order valence-electron chi connectivity index (χ2n) is 3.44. The highest BCUT2D eigenvalue weighted by molar-refractivity contribution is 8.22. The third-order valence-corrected chi connectivity index (χ3v) is 4.34. The number of ether oxygens (including phenoxy) is 1. The van der Waals surface area contributed by atoms with Crippen molar-refractivity contribution in [2.75, 3.05) is 12.9 Å². The Kier molecular flexibility index (Phi) is 5.27. The minimum absolute atomic E-state index is 0.106. The lowest BCUT2D eigenvalue weighted by Crippen LogP contribution is -2.01. The van der Waals surface area contributed by atoms with Gasteiger partial charge in [-0.25, -0.2) is 8.42 Å². The molecular weight excluding hydrogens is 310 g/mol. The van der Waals surface area contributed by atoms with Gasteiger partial charge in [-0.3, -0.25) is 10.1 Å². The predicted molar refractivity (Wildman–Crippen MR) is 76.3 cm³/mol. The second kappa shape index (κ2) is 6.31. The summed E-state index contributed by atoms with van der Waals surface area (Å²) in [5.41, 5.74) is -0.310. The van der Waals surface area contributed by atoms with Gasteiger partial charge in [-0.1, -0.05) is 0 Å². The summed E-state index contributed by atoms with van der Waals surface area (Å²) in [6.07, 6.45) is 0.990. The van der Waals surface area contributed by atoms with Crippen LogP contribution in [0.1, 0.15) is 6.92 Å². The van der Waals surface area contributed by atoms with Crippen LogP contribution in [0.2, 0.25) is 0 Å². The van der Waals surface area contributed by atoms with Crippen molar-refractivity contribution >= 4 is 43.9 Å². The van der Waals surface area contributed by atoms with Crippen molar-refractivity contribution in [3.63, 3.8) is 0 Å². The number of thioether (sulfide) groups is 1. The van der Waals surface area contributed by atoms with Crippen LogP contribution in [0.15, 0.2) is 28.0 Å². The van der Waals surface area contributed by atoms with E-state index in [2.05, 4.69) is 0 Å². The van der Waals surface area contributed by atoms with E-state index in [1.54, 1.807) is 6.92 Å². The van der Waals surface area contributed by atoms with Gasteiger partial charge in [-0.15, -0.1) is 0 Å². The van der Waals surface area contributed by atoms with Crippen LogP contribution in [-0.2, 0) is 14.6 Å². The molecule has 1 aromatic rings. The minimum atomic E-state index is -3.49. The van der Waals surface area contributed by atoms with Crippen LogP contribution in [0.4, 0.5) is 5.69 Å². The summed E-state index contributed by atoms with van der Waals surface area (Å²) in [4.78, 5) is 10.4. The average molecular weight is 321 g/mol. The number of benzene rings is 1. The zero-order chi connectivity index (χ0) is 14.6. The van der Waals surface area contributed by atoms with Crippen molar-refractivity contribution in [3.8, 4) is 0 Å². The largest absolute Gasteiger partial charge is 0.479 e. The number of nitro groups is 1. The smallest absolute Gasteiger partial charge is 0.284 e. The SMILES string of the molecule is CCOC(=S)Sc1ccc(S(C)(=O)=O)cc1[N+](=O)[O-]. The van der Waals surface area contributed by atoms with Gasteiger partial charge in [-0.05, 0) is 43.0 Å². The van der Waals surface area contributed by atoms with Gasteiger partial charge >= 0.3 is 0 Å². The van der Waals surface area contributed by atoms with E-state index in [4.69, 9.17) is 17.0 Å². The Hall–Kier alpha value is -1.19. The number of nitro benzene ring substituents is 1. The molecule has 0 saturated heterocycles. The summed E-state index contributed by atoms with van der Waals surface area (Å²) in [6.45, 7) is 2.11. The van der Waals surface area contributed by atoms with E-state index >= 15 is 0 Å². The fourth-order valence-corrected chi connectivity index (χ4v) is 2.95. The van der Waals surface area contributed by atoms with Crippen molar-refractivity contribution in [2.45, 2.75) is 16.7 Å². The molecule has 0 fully saturated rings. The van der Waals surface area contributed by atoms with E-state index in [0.717, 1.165) is 24.1 Å². The lowest BCUT2D eigenvalue weighted by Gasteiger charge is -2.06. The molecule has 0 heterocycles. The Morgan fingerprint density at radius 2 is 2.16 bits per heavy atom. The third-order valence-electron chi connectivity index (χ3n) is 2.01. The molecule has 1 rings (SSSR count). The van der Waals surface area contributed by atoms with E-state index in [9.17, 15) is 18.5 Å². The van der Waals surface area contributed by atoms with Gasteiger partial charge in [0, 0.05) is 12.3 Å². The van der Waals surface area contributed by atoms with Crippen LogP contribution >= 0.6 is 24.0 Å². The number of hydrogen-bond acceptors (Lipinski definition) is 7. The van der Waals surface area contributed by atoms with Gasteiger partial charge in [0.15, 0.2) is 9.84 Å². The highest BCUT2D eigenvalue weighted by atomic mass is 32.2. The van der Waals surface area contributed by atoms with Crippen LogP contribution in [-0.4, -0.2) is 30.6 Å². The molecule has 0 amide bonds. The zero-order valence-electron chi connectivity index (χ0n) is 10.2. The van der Waals surface area contributed by atoms with E-state index in [-0.39, 0.29) is 19.9 Å². The lowest BCUT2D eigenvalue weighted by molar-refractivity contribution is -0.387. The van der Waals surface area contributed by atoms with Gasteiger partial charge in [0.05, 0.1) is 21.3 Å². The summed E-state index contributed by atoms with van der Waals surface area (Å²) in [5.74, 6) is 0. The molecule has 19 heavy (non-hydrogen) atoms. The first-order chi connectivity index (χ1) is 8.75. The minimum Gasteiger partial charge on any atom is -0.479 e. The first-order valence-corrected chi connectivity index (χ1v) is 8.20. The Morgan fingerprint density at radius 3 is 2.63 bits per heavy atom. The average Bonchev–Trinajstić information content (AvgIpc) is 2.27. The number of rotatable bonds is 4. The van der Waals surface area contributed by atoms with Crippen molar-refractivity contribution in [1.82, 2.24) is 0 Å². The van der Waals surface area contributed by atoms with Crippen LogP contribution in [0, 0.1) is 10.1 Å². The maximum atomic E-state index is 11.4. The fourth-order valence-electron chi connectivity index (χ4n) is 1.19. The van der Waals surface area contributed by atoms with Crippen molar-refractivity contribution in [1.29, 1.82) is 0 Å². The van der Waals surface area contributed by atoms with Gasteiger partial charge in [0.25, 0.3) is 5.69 Å². The number of hydrogen-bond donors (Lipinski definition) is 0. The first kappa shape index (κ1) is 15.9. The molecule has 0 bridgehead atoms. The van der Waals surface area contributed by atoms with Crippen LogP contribution in [0.3, 0.4) is 0 Å². The number of sulfone groups is 1. The molecule has 0 atom stereocenters. The molecule has 0 radical (unpaired) electrons. The molecule has 0 aromatic heterocycles. The molecule has 0 unspecified atom stereocenters. The summed E-state index contributed by atoms with van der Waals surface area (Å²) in [5, 5.41) is 11.0. The normalized spacial score (nSPS) is 11.1. The van der Waals surface area contributed by atoms with Crippen LogP contribution < -0.4 is 0 Å². The maximum Gasteiger partial charge on any atom is 0.284 e. The molecule has 0 aliphatic rings. The molecule has 1 aromatic carbocycles. The van der Waals surface area contributed by atoms with E-state index < -0.39 is 14.8 Å². The molecule has 9 heteroatoms. The summed E-state index contributed by atoms with van der Waals surface area (Å²) in [7, 11) is -3.49. The van der Waals surface area contributed by atoms with Gasteiger partial charge in [0.2, 0.25) is 4.38 Å². The maximum absolute atomic E-state index is 11.4. The fraction of sp³-hybridized carbons (Fsp3) is 0.300. The first-order valence-electron chi connectivity index (χ1n) is 5.08. The molecule has 0 N–H and O–H groups in total. The highest BCUT2D eigenvalue weighted by Crippen LogP contribution is 2.32. The number of nitrogens with zero attached hydrogens (tertiary/aromatic N) is 1. The van der Waals surface area contributed by atoms with E-state index in [0.29, 0.717) is 6.61 Å². The van der Waals surface area contributed by atoms with Crippen LogP contribution in [0.5, 0.6) is 0 Å².